The van der Waals surface area contributed by atoms with Crippen molar-refractivity contribution in [3.05, 3.63) is 0 Å². The molecular weight excluding hydrogens is 208 g/mol. The van der Waals surface area contributed by atoms with Crippen LogP contribution in [0.3, 0.4) is 0 Å². The third kappa shape index (κ3) is 3.29. The molecule has 1 heterocycles. The third-order valence-corrected chi connectivity index (χ3v) is 2.96. The van der Waals surface area contributed by atoms with Gasteiger partial charge in [-0.25, -0.2) is 0 Å². The molecule has 0 saturated carbocycles. The maximum absolute atomic E-state index is 10.8. The van der Waals surface area contributed by atoms with Gasteiger partial charge in [-0.05, 0) is 5.75 Å². The Morgan fingerprint density at radius 3 is 3.08 bits per heavy atom. The van der Waals surface area contributed by atoms with Gasteiger partial charge in [0.1, 0.15) is 0 Å². The van der Waals surface area contributed by atoms with Gasteiger partial charge in [-0.15, -0.1) is 10.2 Å². The van der Waals surface area contributed by atoms with E-state index in [1.165, 1.54) is 11.3 Å². The van der Waals surface area contributed by atoms with Gasteiger partial charge in [0.15, 0.2) is 4.34 Å². The van der Waals surface area contributed by atoms with Crippen LogP contribution in [0.1, 0.15) is 6.92 Å². The van der Waals surface area contributed by atoms with Crippen molar-refractivity contribution in [2.24, 2.45) is 5.73 Å². The van der Waals surface area contributed by atoms with E-state index in [1.54, 1.807) is 11.8 Å². The van der Waals surface area contributed by atoms with Crippen molar-refractivity contribution in [1.82, 2.24) is 10.2 Å². The summed E-state index contributed by atoms with van der Waals surface area (Å²) in [5, 5.41) is 10.7. The van der Waals surface area contributed by atoms with E-state index in [-0.39, 0.29) is 12.5 Å². The van der Waals surface area contributed by atoms with Crippen LogP contribution in [-0.2, 0) is 4.79 Å². The molecular formula is C6H10N4OS2. The maximum atomic E-state index is 10.8. The van der Waals surface area contributed by atoms with Crippen LogP contribution in [0.5, 0.6) is 0 Å². The maximum Gasteiger partial charge on any atom is 0.239 e. The summed E-state index contributed by atoms with van der Waals surface area (Å²) >= 11 is 2.95. The molecule has 0 atom stereocenters. The zero-order valence-electron chi connectivity index (χ0n) is 7.11. The first kappa shape index (κ1) is 10.4. The normalized spacial score (nSPS) is 10.0. The number of amides is 1. The lowest BCUT2D eigenvalue weighted by Crippen LogP contribution is -2.21. The van der Waals surface area contributed by atoms with E-state index in [2.05, 4.69) is 15.5 Å². The standard InChI is InChI=1S/C6H10N4OS2/c1-2-12-6-10-9-5(13-6)8-4(11)3-7/h2-3,7H2,1H3,(H,8,9,11). The molecule has 1 amide bonds. The van der Waals surface area contributed by atoms with E-state index in [1.807, 2.05) is 6.92 Å². The Kier molecular flexibility index (Phi) is 4.13. The number of carbonyl (C=O) groups excluding carboxylic acids is 1. The monoisotopic (exact) mass is 218 g/mol. The summed E-state index contributed by atoms with van der Waals surface area (Å²) in [6, 6.07) is 0. The first-order valence-electron chi connectivity index (χ1n) is 3.72. The average molecular weight is 218 g/mol. The fourth-order valence-electron chi connectivity index (χ4n) is 0.612. The molecule has 0 fully saturated rings. The minimum atomic E-state index is -0.246. The highest BCUT2D eigenvalue weighted by atomic mass is 32.2. The number of rotatable bonds is 4. The second kappa shape index (κ2) is 5.15. The quantitative estimate of drug-likeness (QED) is 0.569. The predicted molar refractivity (Wildman–Crippen MR) is 54.0 cm³/mol. The zero-order valence-corrected chi connectivity index (χ0v) is 8.74. The molecule has 13 heavy (non-hydrogen) atoms. The fourth-order valence-corrected chi connectivity index (χ4v) is 2.28. The van der Waals surface area contributed by atoms with Crippen molar-refractivity contribution in [1.29, 1.82) is 0 Å². The molecule has 3 N–H and O–H groups in total. The van der Waals surface area contributed by atoms with E-state index >= 15 is 0 Å². The number of aromatic nitrogens is 2. The highest BCUT2D eigenvalue weighted by Gasteiger charge is 2.05. The molecule has 1 rings (SSSR count). The summed E-state index contributed by atoms with van der Waals surface area (Å²) in [7, 11) is 0. The van der Waals surface area contributed by atoms with Crippen LogP contribution in [-0.4, -0.2) is 28.4 Å². The number of hydrogen-bond acceptors (Lipinski definition) is 6. The van der Waals surface area contributed by atoms with Crippen LogP contribution in [0.4, 0.5) is 5.13 Å². The van der Waals surface area contributed by atoms with Gasteiger partial charge in [0.05, 0.1) is 6.54 Å². The average Bonchev–Trinajstić information content (AvgIpc) is 2.53. The number of anilines is 1. The Balaban J connectivity index is 2.53. The van der Waals surface area contributed by atoms with Crippen LogP contribution in [0.25, 0.3) is 0 Å². The Bertz CT molecular complexity index is 288. The van der Waals surface area contributed by atoms with E-state index < -0.39 is 0 Å². The molecule has 0 aliphatic rings. The molecule has 72 valence electrons. The van der Waals surface area contributed by atoms with Crippen LogP contribution in [0, 0.1) is 0 Å². The molecule has 0 radical (unpaired) electrons. The Morgan fingerprint density at radius 2 is 2.46 bits per heavy atom. The van der Waals surface area contributed by atoms with Crippen LogP contribution in [0.15, 0.2) is 4.34 Å². The highest BCUT2D eigenvalue weighted by molar-refractivity contribution is 8.01. The topological polar surface area (TPSA) is 80.9 Å². The Morgan fingerprint density at radius 1 is 1.69 bits per heavy atom. The molecule has 0 spiro atoms. The summed E-state index contributed by atoms with van der Waals surface area (Å²) in [5.41, 5.74) is 5.12. The second-order valence-electron chi connectivity index (χ2n) is 2.06. The molecule has 1 aromatic rings. The molecule has 0 aliphatic carbocycles. The van der Waals surface area contributed by atoms with Crippen molar-refractivity contribution in [3.63, 3.8) is 0 Å². The van der Waals surface area contributed by atoms with Gasteiger partial charge in [0, 0.05) is 0 Å². The summed E-state index contributed by atoms with van der Waals surface area (Å²) in [6.45, 7) is 2.00. The first-order chi connectivity index (χ1) is 6.26. The zero-order chi connectivity index (χ0) is 9.68. The van der Waals surface area contributed by atoms with Crippen molar-refractivity contribution in [2.75, 3.05) is 17.6 Å². The molecule has 1 aromatic heterocycles. The van der Waals surface area contributed by atoms with Crippen LogP contribution >= 0.6 is 23.1 Å². The van der Waals surface area contributed by atoms with E-state index in [9.17, 15) is 4.79 Å². The fraction of sp³-hybridized carbons (Fsp3) is 0.500. The molecule has 5 nitrogen and oxygen atoms in total. The lowest BCUT2D eigenvalue weighted by atomic mass is 10.6. The lowest BCUT2D eigenvalue weighted by molar-refractivity contribution is -0.114. The van der Waals surface area contributed by atoms with Crippen molar-refractivity contribution in [3.8, 4) is 0 Å². The van der Waals surface area contributed by atoms with Gasteiger partial charge in [0.2, 0.25) is 11.0 Å². The summed E-state index contributed by atoms with van der Waals surface area (Å²) in [5.74, 6) is 0.698. The lowest BCUT2D eigenvalue weighted by Gasteiger charge is -1.94. The van der Waals surface area contributed by atoms with Gasteiger partial charge in [-0.2, -0.15) is 0 Å². The van der Waals surface area contributed by atoms with Crippen molar-refractivity contribution in [2.45, 2.75) is 11.3 Å². The molecule has 0 saturated heterocycles. The number of hydrogen-bond donors (Lipinski definition) is 2. The highest BCUT2D eigenvalue weighted by Crippen LogP contribution is 2.24. The Hall–Kier alpha value is -0.660. The van der Waals surface area contributed by atoms with Crippen LogP contribution < -0.4 is 11.1 Å². The number of nitrogens with two attached hydrogens (primary N) is 1. The molecule has 0 unspecified atom stereocenters. The van der Waals surface area contributed by atoms with E-state index in [4.69, 9.17) is 5.73 Å². The largest absolute Gasteiger partial charge is 0.322 e. The Labute approximate surface area is 84.1 Å². The first-order valence-corrected chi connectivity index (χ1v) is 5.52. The molecule has 0 bridgehead atoms. The van der Waals surface area contributed by atoms with Gasteiger partial charge in [-0.1, -0.05) is 30.0 Å². The summed E-state index contributed by atoms with van der Waals surface area (Å²) < 4.78 is 0.856. The number of thioether (sulfide) groups is 1. The van der Waals surface area contributed by atoms with E-state index in [0.717, 1.165) is 10.1 Å². The summed E-state index contributed by atoms with van der Waals surface area (Å²) in [6.07, 6.45) is 0. The van der Waals surface area contributed by atoms with Crippen molar-refractivity contribution >= 4 is 34.1 Å². The van der Waals surface area contributed by atoms with Crippen molar-refractivity contribution < 1.29 is 4.79 Å². The molecule has 0 aliphatic heterocycles. The number of carbonyl (C=O) groups is 1. The van der Waals surface area contributed by atoms with Gasteiger partial charge in [-0.3, -0.25) is 10.1 Å². The SMILES string of the molecule is CCSc1nnc(NC(=O)CN)s1. The van der Waals surface area contributed by atoms with Gasteiger partial charge < -0.3 is 5.73 Å². The van der Waals surface area contributed by atoms with Gasteiger partial charge >= 0.3 is 0 Å². The number of nitrogens with one attached hydrogen (secondary N) is 1. The molecule has 0 aromatic carbocycles. The summed E-state index contributed by atoms with van der Waals surface area (Å²) in [4.78, 5) is 10.8. The van der Waals surface area contributed by atoms with E-state index in [0.29, 0.717) is 5.13 Å². The minimum Gasteiger partial charge on any atom is -0.322 e. The molecule has 7 heteroatoms. The smallest absolute Gasteiger partial charge is 0.239 e. The predicted octanol–water partition coefficient (Wildman–Crippen LogP) is 0.547. The minimum absolute atomic E-state index is 0.0319. The third-order valence-electron chi connectivity index (χ3n) is 1.11. The van der Waals surface area contributed by atoms with Crippen LogP contribution in [0.2, 0.25) is 0 Å². The van der Waals surface area contributed by atoms with Gasteiger partial charge in [0.25, 0.3) is 0 Å². The number of nitrogens with zero attached hydrogens (tertiary/aromatic N) is 2. The second-order valence-corrected chi connectivity index (χ2v) is 4.55.